The summed E-state index contributed by atoms with van der Waals surface area (Å²) in [5, 5.41) is 8.26. The second-order valence-electron chi connectivity index (χ2n) is 3.24. The Morgan fingerprint density at radius 3 is 2.78 bits per heavy atom. The molecular formula is C11H12FNO4S. The van der Waals surface area contributed by atoms with E-state index in [1.165, 1.54) is 17.8 Å². The van der Waals surface area contributed by atoms with Crippen LogP contribution >= 0.6 is 11.8 Å². The van der Waals surface area contributed by atoms with Gasteiger partial charge in [-0.05, 0) is 12.1 Å². The van der Waals surface area contributed by atoms with Crippen LogP contribution in [0.3, 0.4) is 0 Å². The van der Waals surface area contributed by atoms with E-state index in [4.69, 9.17) is 5.11 Å². The molecule has 0 heterocycles. The number of aliphatic carboxylic acids is 1. The van der Waals surface area contributed by atoms with Crippen molar-refractivity contribution in [2.45, 2.75) is 11.3 Å². The van der Waals surface area contributed by atoms with E-state index in [0.717, 1.165) is 0 Å². The predicted octanol–water partition coefficient (Wildman–Crippen LogP) is 1.44. The molecule has 0 saturated heterocycles. The highest BCUT2D eigenvalue weighted by Gasteiger charge is 2.05. The molecule has 0 atom stereocenters. The third-order valence-corrected chi connectivity index (χ3v) is 2.86. The van der Waals surface area contributed by atoms with Gasteiger partial charge in [-0.1, -0.05) is 12.1 Å². The summed E-state index contributed by atoms with van der Waals surface area (Å²) in [6, 6.07) is 6.27. The Kier molecular flexibility index (Phi) is 6.16. The van der Waals surface area contributed by atoms with Crippen LogP contribution in [-0.4, -0.2) is 29.3 Å². The lowest BCUT2D eigenvalue weighted by molar-refractivity contribution is -0.149. The lowest BCUT2D eigenvalue weighted by Gasteiger charge is -2.04. The number of carboxylic acids is 1. The minimum Gasteiger partial charge on any atom is -0.479 e. The number of carboxylic acid groups (broad SMARTS) is 1. The van der Waals surface area contributed by atoms with E-state index in [2.05, 4.69) is 4.84 Å². The van der Waals surface area contributed by atoms with Crippen molar-refractivity contribution in [3.05, 3.63) is 30.1 Å². The van der Waals surface area contributed by atoms with Crippen LogP contribution in [0.5, 0.6) is 0 Å². The third kappa shape index (κ3) is 5.65. The van der Waals surface area contributed by atoms with E-state index in [0.29, 0.717) is 10.6 Å². The monoisotopic (exact) mass is 273 g/mol. The SMILES string of the molecule is O=C(O)CONC(=O)CCSc1ccccc1F. The molecular weight excluding hydrogens is 261 g/mol. The smallest absolute Gasteiger partial charge is 0.332 e. The second-order valence-corrected chi connectivity index (χ2v) is 4.37. The molecule has 1 aromatic rings. The van der Waals surface area contributed by atoms with E-state index in [-0.39, 0.29) is 12.2 Å². The van der Waals surface area contributed by atoms with Crippen molar-refractivity contribution >= 4 is 23.6 Å². The van der Waals surface area contributed by atoms with Gasteiger partial charge in [0.15, 0.2) is 6.61 Å². The molecule has 2 N–H and O–H groups in total. The summed E-state index contributed by atoms with van der Waals surface area (Å²) in [5.74, 6) is -1.57. The molecule has 18 heavy (non-hydrogen) atoms. The zero-order valence-corrected chi connectivity index (χ0v) is 10.2. The van der Waals surface area contributed by atoms with Crippen molar-refractivity contribution in [1.82, 2.24) is 5.48 Å². The third-order valence-electron chi connectivity index (χ3n) is 1.80. The molecule has 0 saturated carbocycles. The molecule has 0 bridgehead atoms. The van der Waals surface area contributed by atoms with Gasteiger partial charge in [0.1, 0.15) is 5.82 Å². The van der Waals surface area contributed by atoms with Gasteiger partial charge in [-0.3, -0.25) is 9.63 Å². The van der Waals surface area contributed by atoms with Gasteiger partial charge in [0.05, 0.1) is 0 Å². The fourth-order valence-corrected chi connectivity index (χ4v) is 1.93. The molecule has 0 aliphatic carbocycles. The minimum absolute atomic E-state index is 0.110. The van der Waals surface area contributed by atoms with Crippen LogP contribution in [0.15, 0.2) is 29.2 Å². The van der Waals surface area contributed by atoms with Crippen LogP contribution < -0.4 is 5.48 Å². The van der Waals surface area contributed by atoms with Gasteiger partial charge in [-0.25, -0.2) is 14.7 Å². The van der Waals surface area contributed by atoms with Gasteiger partial charge in [0.2, 0.25) is 5.91 Å². The highest BCUT2D eigenvalue weighted by atomic mass is 32.2. The number of carbonyl (C=O) groups is 2. The van der Waals surface area contributed by atoms with E-state index < -0.39 is 18.5 Å². The zero-order chi connectivity index (χ0) is 13.4. The van der Waals surface area contributed by atoms with Crippen LogP contribution in [0.25, 0.3) is 0 Å². The topological polar surface area (TPSA) is 75.6 Å². The molecule has 5 nitrogen and oxygen atoms in total. The van der Waals surface area contributed by atoms with E-state index >= 15 is 0 Å². The Balaban J connectivity index is 2.20. The van der Waals surface area contributed by atoms with Gasteiger partial charge >= 0.3 is 5.97 Å². The van der Waals surface area contributed by atoms with Gasteiger partial charge in [-0.15, -0.1) is 11.8 Å². The summed E-state index contributed by atoms with van der Waals surface area (Å²) < 4.78 is 13.2. The van der Waals surface area contributed by atoms with Gasteiger partial charge in [0, 0.05) is 17.1 Å². The number of halogens is 1. The number of hydrogen-bond acceptors (Lipinski definition) is 4. The Morgan fingerprint density at radius 1 is 1.39 bits per heavy atom. The highest BCUT2D eigenvalue weighted by molar-refractivity contribution is 7.99. The highest BCUT2D eigenvalue weighted by Crippen LogP contribution is 2.21. The average molecular weight is 273 g/mol. The second kappa shape index (κ2) is 7.67. The molecule has 0 aliphatic heterocycles. The Bertz CT molecular complexity index is 427. The predicted molar refractivity (Wildman–Crippen MR) is 63.5 cm³/mol. The van der Waals surface area contributed by atoms with Crippen molar-refractivity contribution < 1.29 is 23.9 Å². The molecule has 1 rings (SSSR count). The summed E-state index contributed by atoms with van der Waals surface area (Å²) in [6.45, 7) is -0.591. The number of hydroxylamine groups is 1. The molecule has 1 amide bonds. The van der Waals surface area contributed by atoms with Gasteiger partial charge in [0.25, 0.3) is 0 Å². The number of carbonyl (C=O) groups excluding carboxylic acids is 1. The first kappa shape index (κ1) is 14.5. The Morgan fingerprint density at radius 2 is 2.11 bits per heavy atom. The van der Waals surface area contributed by atoms with Crippen LogP contribution in [0.4, 0.5) is 4.39 Å². The Labute approximate surface area is 107 Å². The quantitative estimate of drug-likeness (QED) is 0.581. The summed E-state index contributed by atoms with van der Waals surface area (Å²) in [5.41, 5.74) is 1.99. The molecule has 0 fully saturated rings. The molecule has 0 aliphatic rings. The maximum Gasteiger partial charge on any atom is 0.332 e. The van der Waals surface area contributed by atoms with Crippen molar-refractivity contribution in [2.75, 3.05) is 12.4 Å². The van der Waals surface area contributed by atoms with Crippen molar-refractivity contribution in [1.29, 1.82) is 0 Å². The molecule has 0 spiro atoms. The maximum atomic E-state index is 13.2. The first-order valence-corrected chi connectivity index (χ1v) is 6.08. The van der Waals surface area contributed by atoms with Crippen LogP contribution in [0, 0.1) is 5.82 Å². The molecule has 0 aromatic heterocycles. The molecule has 7 heteroatoms. The summed E-state index contributed by atoms with van der Waals surface area (Å²) in [7, 11) is 0. The Hall–Kier alpha value is -1.60. The van der Waals surface area contributed by atoms with E-state index in [1.54, 1.807) is 18.2 Å². The van der Waals surface area contributed by atoms with Gasteiger partial charge in [-0.2, -0.15) is 0 Å². The number of benzene rings is 1. The van der Waals surface area contributed by atoms with Crippen LogP contribution in [-0.2, 0) is 14.4 Å². The van der Waals surface area contributed by atoms with Crippen molar-refractivity contribution in [3.8, 4) is 0 Å². The number of rotatable bonds is 7. The lowest BCUT2D eigenvalue weighted by atomic mass is 10.3. The average Bonchev–Trinajstić information content (AvgIpc) is 2.31. The van der Waals surface area contributed by atoms with E-state index in [9.17, 15) is 14.0 Å². The minimum atomic E-state index is -1.17. The number of hydrogen-bond donors (Lipinski definition) is 2. The fraction of sp³-hybridized carbons (Fsp3) is 0.273. The van der Waals surface area contributed by atoms with Crippen molar-refractivity contribution in [3.63, 3.8) is 0 Å². The summed E-state index contributed by atoms with van der Waals surface area (Å²) in [4.78, 5) is 26.1. The lowest BCUT2D eigenvalue weighted by Crippen LogP contribution is -2.26. The molecule has 0 unspecified atom stereocenters. The maximum absolute atomic E-state index is 13.2. The van der Waals surface area contributed by atoms with Crippen LogP contribution in [0.1, 0.15) is 6.42 Å². The standard InChI is InChI=1S/C11H12FNO4S/c12-8-3-1-2-4-9(8)18-6-5-10(14)13-17-7-11(15)16/h1-4H,5-7H2,(H,13,14)(H,15,16). The van der Waals surface area contributed by atoms with E-state index in [1.807, 2.05) is 5.48 Å². The van der Waals surface area contributed by atoms with Gasteiger partial charge < -0.3 is 5.11 Å². The molecule has 0 radical (unpaired) electrons. The zero-order valence-electron chi connectivity index (χ0n) is 9.39. The molecule has 1 aromatic carbocycles. The first-order valence-electron chi connectivity index (χ1n) is 5.09. The van der Waals surface area contributed by atoms with Crippen LogP contribution in [0.2, 0.25) is 0 Å². The number of amides is 1. The molecule has 98 valence electrons. The largest absolute Gasteiger partial charge is 0.479 e. The number of nitrogens with one attached hydrogen (secondary N) is 1. The summed E-state index contributed by atoms with van der Waals surface area (Å²) in [6.07, 6.45) is 0.110. The first-order chi connectivity index (χ1) is 8.59. The fourth-order valence-electron chi connectivity index (χ4n) is 1.04. The van der Waals surface area contributed by atoms with Crippen molar-refractivity contribution in [2.24, 2.45) is 0 Å². The normalized spacial score (nSPS) is 10.1. The summed E-state index contributed by atoms with van der Waals surface area (Å²) >= 11 is 1.21. The number of thioether (sulfide) groups is 1.